The van der Waals surface area contributed by atoms with E-state index in [-0.39, 0.29) is 6.42 Å². The van der Waals surface area contributed by atoms with E-state index in [9.17, 15) is 39.6 Å². The van der Waals surface area contributed by atoms with Gasteiger partial charge in [-0.1, -0.05) is 148 Å². The van der Waals surface area contributed by atoms with Gasteiger partial charge in [-0.25, -0.2) is 0 Å². The van der Waals surface area contributed by atoms with Crippen LogP contribution in [0.2, 0.25) is 0 Å². The summed E-state index contributed by atoms with van der Waals surface area (Å²) in [5.74, 6) is -4.67. The van der Waals surface area contributed by atoms with Crippen LogP contribution in [0.5, 0.6) is 0 Å². The Labute approximate surface area is 249 Å². The van der Waals surface area contributed by atoms with E-state index in [2.05, 4.69) is 11.7 Å². The van der Waals surface area contributed by atoms with Gasteiger partial charge in [0.25, 0.3) is 10.1 Å². The van der Waals surface area contributed by atoms with E-state index in [1.54, 1.807) is 0 Å². The van der Waals surface area contributed by atoms with Crippen LogP contribution in [-0.4, -0.2) is 42.6 Å². The van der Waals surface area contributed by atoms with Crippen LogP contribution in [-0.2, 0) is 19.6 Å². The Kier molecular flexibility index (Phi) is 21.9. The van der Waals surface area contributed by atoms with Crippen molar-refractivity contribution < 1.29 is 48.8 Å². The second-order valence-corrected chi connectivity index (χ2v) is 13.0. The number of alkyl halides is 6. The summed E-state index contributed by atoms with van der Waals surface area (Å²) in [5.41, 5.74) is -5.32. The van der Waals surface area contributed by atoms with Gasteiger partial charge in [0.05, 0.1) is 0 Å². The highest BCUT2D eigenvalue weighted by molar-refractivity contribution is 7.85. The van der Waals surface area contributed by atoms with Gasteiger partial charge in [-0.15, -0.1) is 0 Å². The van der Waals surface area contributed by atoms with Crippen molar-refractivity contribution >= 4 is 16.1 Å². The lowest BCUT2D eigenvalue weighted by molar-refractivity contribution is -0.361. The molecule has 0 unspecified atom stereocenters. The molecule has 0 fully saturated rings. The second kappa shape index (κ2) is 22.5. The average molecular weight is 641 g/mol. The summed E-state index contributed by atoms with van der Waals surface area (Å²) in [7, 11) is -5.77. The minimum Gasteiger partial charge on any atom is -0.438 e. The molecule has 0 rings (SSSR count). The maximum Gasteiger partial charge on any atom is 0.438 e. The lowest BCUT2D eigenvalue weighted by Gasteiger charge is -2.35. The quantitative estimate of drug-likeness (QED) is 0.0418. The fourth-order valence-corrected chi connectivity index (χ4v) is 5.93. The first-order valence-electron chi connectivity index (χ1n) is 16.0. The van der Waals surface area contributed by atoms with Gasteiger partial charge in [0.1, 0.15) is 5.75 Å². The number of halogens is 6. The molecule has 42 heavy (non-hydrogen) atoms. The highest BCUT2D eigenvalue weighted by atomic mass is 32.2. The first-order chi connectivity index (χ1) is 19.7. The van der Waals surface area contributed by atoms with Gasteiger partial charge in [0, 0.05) is 6.42 Å². The molecule has 0 aliphatic heterocycles. The Hall–Kier alpha value is -1.04. The zero-order valence-electron chi connectivity index (χ0n) is 25.4. The molecule has 0 aromatic heterocycles. The van der Waals surface area contributed by atoms with E-state index in [1.807, 2.05) is 0 Å². The topological polar surface area (TPSA) is 80.7 Å². The summed E-state index contributed by atoms with van der Waals surface area (Å²) >= 11 is 0. The molecule has 0 radical (unpaired) electrons. The molecule has 0 saturated carbocycles. The smallest absolute Gasteiger partial charge is 0.438 e. The number of hydrogen-bond acceptors (Lipinski definition) is 4. The molecule has 0 bridgehead atoms. The Morgan fingerprint density at radius 3 is 1.05 bits per heavy atom. The summed E-state index contributed by atoms with van der Waals surface area (Å²) in [4.78, 5) is 11.8. The zero-order chi connectivity index (χ0) is 32.0. The van der Waals surface area contributed by atoms with Crippen LogP contribution in [0.15, 0.2) is 0 Å². The number of carbonyl (C=O) groups excluding carboxylic acids is 1. The number of hydrogen-bond donors (Lipinski definition) is 1. The van der Waals surface area contributed by atoms with Crippen molar-refractivity contribution in [2.24, 2.45) is 0 Å². The minimum atomic E-state index is -6.29. The first kappa shape index (κ1) is 41.0. The third kappa shape index (κ3) is 20.0. The average Bonchev–Trinajstić information content (AvgIpc) is 2.86. The monoisotopic (exact) mass is 640 g/mol. The van der Waals surface area contributed by atoms with Gasteiger partial charge in [-0.2, -0.15) is 34.8 Å². The summed E-state index contributed by atoms with van der Waals surface area (Å²) < 4.78 is 113. The molecule has 1 N–H and O–H groups in total. The van der Waals surface area contributed by atoms with E-state index < -0.39 is 46.2 Å². The molecular weight excluding hydrogens is 586 g/mol. The maximum atomic E-state index is 13.2. The summed E-state index contributed by atoms with van der Waals surface area (Å²) in [5, 5.41) is 0. The third-order valence-corrected chi connectivity index (χ3v) is 8.35. The number of unbranched alkanes of at least 4 members (excludes halogenated alkanes) is 22. The molecule has 0 aromatic rings. The fourth-order valence-electron chi connectivity index (χ4n) is 5.03. The predicted molar refractivity (Wildman–Crippen MR) is 154 cm³/mol. The lowest BCUT2D eigenvalue weighted by Crippen LogP contribution is -2.63. The third-order valence-electron chi connectivity index (χ3n) is 7.57. The van der Waals surface area contributed by atoms with Crippen LogP contribution in [0, 0.1) is 0 Å². The van der Waals surface area contributed by atoms with Gasteiger partial charge >= 0.3 is 23.9 Å². The normalized spacial score (nSPS) is 13.0. The van der Waals surface area contributed by atoms with Crippen molar-refractivity contribution in [3.05, 3.63) is 0 Å². The summed E-state index contributed by atoms with van der Waals surface area (Å²) in [6.07, 6.45) is 13.0. The molecular formula is C30H54F6O5S. The van der Waals surface area contributed by atoms with Gasteiger partial charge in [-0.3, -0.25) is 9.35 Å². The Bertz CT molecular complexity index is 770. The van der Waals surface area contributed by atoms with E-state index in [0.29, 0.717) is 12.8 Å². The van der Waals surface area contributed by atoms with Crippen molar-refractivity contribution in [1.29, 1.82) is 0 Å². The van der Waals surface area contributed by atoms with Gasteiger partial charge < -0.3 is 4.74 Å². The van der Waals surface area contributed by atoms with Crippen molar-refractivity contribution in [2.45, 2.75) is 179 Å². The van der Waals surface area contributed by atoms with Crippen LogP contribution in [0.4, 0.5) is 26.3 Å². The van der Waals surface area contributed by atoms with E-state index in [1.165, 1.54) is 103 Å². The molecule has 0 aliphatic carbocycles. The zero-order valence-corrected chi connectivity index (χ0v) is 26.3. The number of esters is 1. The summed E-state index contributed by atoms with van der Waals surface area (Å²) in [6, 6.07) is 0. The number of ether oxygens (including phenoxy) is 1. The van der Waals surface area contributed by atoms with Crippen molar-refractivity contribution in [1.82, 2.24) is 0 Å². The van der Waals surface area contributed by atoms with Crippen LogP contribution < -0.4 is 0 Å². The summed E-state index contributed by atoms with van der Waals surface area (Å²) in [6.45, 7) is 2.24. The van der Waals surface area contributed by atoms with E-state index in [0.717, 1.165) is 25.7 Å². The van der Waals surface area contributed by atoms with Gasteiger partial charge in [-0.05, 0) is 6.42 Å². The van der Waals surface area contributed by atoms with Gasteiger partial charge in [0.15, 0.2) is 0 Å². The molecule has 0 aliphatic rings. The fraction of sp³-hybridized carbons (Fsp3) is 0.967. The molecule has 5 nitrogen and oxygen atoms in total. The maximum absolute atomic E-state index is 13.2. The second-order valence-electron chi connectivity index (χ2n) is 11.6. The van der Waals surface area contributed by atoms with Crippen molar-refractivity contribution in [3.63, 3.8) is 0 Å². The predicted octanol–water partition coefficient (Wildman–Crippen LogP) is 10.7. The van der Waals surface area contributed by atoms with Gasteiger partial charge in [0.2, 0.25) is 0 Å². The Morgan fingerprint density at radius 2 is 0.810 bits per heavy atom. The standard InChI is InChI=1S/C30H54F6O5S/c1-2-3-4-5-6-7-8-9-10-11-12-13-14-15-16-17-18-19-20-21-22-23-24-25-27(37)41-28(29(31,32)33,30(34,35)36)26-42(38,39)40/h2-26H2,1H3,(H,38,39,40). The molecule has 0 spiro atoms. The SMILES string of the molecule is CCCCCCCCCCCCCCCCCCCCCCCCCC(=O)OC(CS(=O)(=O)O)(C(F)(F)F)C(F)(F)F. The molecule has 0 heterocycles. The molecule has 252 valence electrons. The Morgan fingerprint density at radius 1 is 0.548 bits per heavy atom. The molecule has 0 aromatic carbocycles. The largest absolute Gasteiger partial charge is 0.438 e. The number of rotatable bonds is 27. The van der Waals surface area contributed by atoms with Crippen LogP contribution >= 0.6 is 0 Å². The highest BCUT2D eigenvalue weighted by Crippen LogP contribution is 2.47. The van der Waals surface area contributed by atoms with Crippen LogP contribution in [0.1, 0.15) is 161 Å². The minimum absolute atomic E-state index is 0.00955. The van der Waals surface area contributed by atoms with Crippen molar-refractivity contribution in [2.75, 3.05) is 5.75 Å². The highest BCUT2D eigenvalue weighted by Gasteiger charge is 2.75. The van der Waals surface area contributed by atoms with Crippen molar-refractivity contribution in [3.8, 4) is 0 Å². The molecule has 0 atom stereocenters. The molecule has 12 heteroatoms. The van der Waals surface area contributed by atoms with E-state index >= 15 is 0 Å². The Balaban J connectivity index is 3.77. The number of carbonyl (C=O) groups is 1. The van der Waals surface area contributed by atoms with Crippen LogP contribution in [0.3, 0.4) is 0 Å². The lowest BCUT2D eigenvalue weighted by atomic mass is 10.0. The first-order valence-corrected chi connectivity index (χ1v) is 17.6. The molecule has 0 amide bonds. The van der Waals surface area contributed by atoms with E-state index in [4.69, 9.17) is 4.55 Å². The van der Waals surface area contributed by atoms with Crippen LogP contribution in [0.25, 0.3) is 0 Å². The molecule has 0 saturated heterocycles.